The fraction of sp³-hybridized carbons (Fsp3) is 0.379. The number of rotatable bonds is 11. The van der Waals surface area contributed by atoms with Crippen molar-refractivity contribution >= 4 is 17.8 Å². The highest BCUT2D eigenvalue weighted by molar-refractivity contribution is 5.82. The van der Waals surface area contributed by atoms with Crippen LogP contribution in [-0.2, 0) is 11.3 Å². The van der Waals surface area contributed by atoms with Gasteiger partial charge in [-0.2, -0.15) is 10.4 Å². The van der Waals surface area contributed by atoms with Crippen LogP contribution >= 0.6 is 0 Å². The van der Waals surface area contributed by atoms with Crippen molar-refractivity contribution in [1.82, 2.24) is 24.4 Å². The molecule has 0 N–H and O–H groups in total. The number of piperidine rings is 1. The van der Waals surface area contributed by atoms with Gasteiger partial charge in [0.2, 0.25) is 5.88 Å². The summed E-state index contributed by atoms with van der Waals surface area (Å²) in [6.07, 6.45) is 10.5. The summed E-state index contributed by atoms with van der Waals surface area (Å²) in [5.41, 5.74) is 4.28. The van der Waals surface area contributed by atoms with Gasteiger partial charge in [0, 0.05) is 56.7 Å². The van der Waals surface area contributed by atoms with Crippen LogP contribution < -0.4 is 9.47 Å². The van der Waals surface area contributed by atoms with Crippen molar-refractivity contribution in [3.63, 3.8) is 0 Å². The van der Waals surface area contributed by atoms with Gasteiger partial charge in [-0.1, -0.05) is 12.1 Å². The molecular formula is C29H33N7O3. The third-order valence-corrected chi connectivity index (χ3v) is 7.37. The third kappa shape index (κ3) is 5.50. The SMILES string of the molecule is C=N/C(=C\C=C(/C)c1cc(OCCOC)cn2ncc(C#N)c12)N1CC2CC(C1)N2Cc1ccc(OC)nc1. The second-order valence-electron chi connectivity index (χ2n) is 9.76. The number of ether oxygens (including phenoxy) is 3. The molecule has 6 heterocycles. The predicted octanol–water partition coefficient (Wildman–Crippen LogP) is 3.54. The summed E-state index contributed by atoms with van der Waals surface area (Å²) < 4.78 is 17.8. The van der Waals surface area contributed by atoms with Crippen LogP contribution in [0.5, 0.6) is 11.6 Å². The molecule has 3 aliphatic rings. The summed E-state index contributed by atoms with van der Waals surface area (Å²) in [7, 11) is 3.26. The first kappa shape index (κ1) is 26.4. The zero-order chi connectivity index (χ0) is 27.4. The molecule has 2 unspecified atom stereocenters. The second-order valence-corrected chi connectivity index (χ2v) is 9.76. The van der Waals surface area contributed by atoms with Crippen LogP contribution in [0.15, 0.2) is 59.8 Å². The lowest BCUT2D eigenvalue weighted by Gasteiger charge is -2.57. The smallest absolute Gasteiger partial charge is 0.212 e. The third-order valence-electron chi connectivity index (χ3n) is 7.37. The first-order chi connectivity index (χ1) is 19.0. The molecule has 0 saturated carbocycles. The van der Waals surface area contributed by atoms with E-state index in [2.05, 4.69) is 43.7 Å². The fourth-order valence-corrected chi connectivity index (χ4v) is 5.32. The average Bonchev–Trinajstić information content (AvgIpc) is 3.39. The molecule has 39 heavy (non-hydrogen) atoms. The van der Waals surface area contributed by atoms with E-state index in [0.717, 1.165) is 42.1 Å². The van der Waals surface area contributed by atoms with E-state index in [0.29, 0.717) is 42.5 Å². The molecule has 0 amide bonds. The lowest BCUT2D eigenvalue weighted by Crippen LogP contribution is -2.67. The molecule has 0 spiro atoms. The van der Waals surface area contributed by atoms with Gasteiger partial charge in [0.05, 0.1) is 37.2 Å². The van der Waals surface area contributed by atoms with Gasteiger partial charge in [-0.15, -0.1) is 0 Å². The summed E-state index contributed by atoms with van der Waals surface area (Å²) in [5, 5.41) is 14.0. The Hall–Kier alpha value is -4.20. The van der Waals surface area contributed by atoms with Crippen molar-refractivity contribution in [2.75, 3.05) is 40.5 Å². The van der Waals surface area contributed by atoms with Gasteiger partial charge in [-0.05, 0) is 43.3 Å². The fourth-order valence-electron chi connectivity index (χ4n) is 5.32. The molecule has 202 valence electrons. The Kier molecular flexibility index (Phi) is 7.91. The predicted molar refractivity (Wildman–Crippen MR) is 149 cm³/mol. The average molecular weight is 528 g/mol. The lowest BCUT2D eigenvalue weighted by molar-refractivity contribution is -0.0645. The Morgan fingerprint density at radius 3 is 2.69 bits per heavy atom. The van der Waals surface area contributed by atoms with Crippen molar-refractivity contribution in [3.8, 4) is 17.7 Å². The van der Waals surface area contributed by atoms with E-state index in [-0.39, 0.29) is 0 Å². The van der Waals surface area contributed by atoms with Gasteiger partial charge in [-0.25, -0.2) is 14.5 Å². The highest BCUT2D eigenvalue weighted by Gasteiger charge is 2.44. The van der Waals surface area contributed by atoms with E-state index in [1.54, 1.807) is 31.1 Å². The van der Waals surface area contributed by atoms with Crippen LogP contribution in [0.25, 0.3) is 11.1 Å². The van der Waals surface area contributed by atoms with Gasteiger partial charge in [-0.3, -0.25) is 4.90 Å². The highest BCUT2D eigenvalue weighted by atomic mass is 16.5. The molecule has 3 saturated heterocycles. The van der Waals surface area contributed by atoms with Crippen molar-refractivity contribution in [1.29, 1.82) is 5.26 Å². The number of nitriles is 1. The lowest BCUT2D eigenvalue weighted by atomic mass is 9.87. The van der Waals surface area contributed by atoms with Crippen LogP contribution in [-0.4, -0.2) is 83.7 Å². The normalized spacial score (nSPS) is 19.5. The van der Waals surface area contributed by atoms with Gasteiger partial charge in [0.1, 0.15) is 24.2 Å². The van der Waals surface area contributed by atoms with E-state index in [4.69, 9.17) is 14.2 Å². The van der Waals surface area contributed by atoms with E-state index >= 15 is 0 Å². The number of pyridine rings is 2. The Morgan fingerprint density at radius 1 is 1.21 bits per heavy atom. The van der Waals surface area contributed by atoms with Crippen LogP contribution in [0.4, 0.5) is 0 Å². The number of hydrogen-bond donors (Lipinski definition) is 0. The minimum absolute atomic E-state index is 0.421. The quantitative estimate of drug-likeness (QED) is 0.212. The maximum Gasteiger partial charge on any atom is 0.212 e. The number of fused-ring (bicyclic) bond motifs is 3. The molecular weight excluding hydrogens is 494 g/mol. The first-order valence-electron chi connectivity index (χ1n) is 12.9. The zero-order valence-corrected chi connectivity index (χ0v) is 22.6. The van der Waals surface area contributed by atoms with Gasteiger partial charge in [0.25, 0.3) is 0 Å². The van der Waals surface area contributed by atoms with Crippen molar-refractivity contribution in [2.24, 2.45) is 4.99 Å². The number of nitrogens with zero attached hydrogens (tertiary/aromatic N) is 7. The molecule has 0 radical (unpaired) electrons. The Morgan fingerprint density at radius 2 is 2.03 bits per heavy atom. The number of aliphatic imine (C=N–C) groups is 1. The highest BCUT2D eigenvalue weighted by Crippen LogP contribution is 2.35. The number of piperazine rings is 1. The van der Waals surface area contributed by atoms with E-state index < -0.39 is 0 Å². The molecule has 6 rings (SSSR count). The minimum atomic E-state index is 0.421. The van der Waals surface area contributed by atoms with Crippen LogP contribution in [0, 0.1) is 11.3 Å². The maximum absolute atomic E-state index is 9.64. The van der Waals surface area contributed by atoms with E-state index in [1.165, 1.54) is 12.0 Å². The summed E-state index contributed by atoms with van der Waals surface area (Å²) >= 11 is 0. The second kappa shape index (κ2) is 11.7. The summed E-state index contributed by atoms with van der Waals surface area (Å²) in [6, 6.07) is 9.10. The molecule has 3 fully saturated rings. The standard InChI is InChI=1S/C29H33N7O3/c1-20(26-12-25(39-10-9-37-3)19-36-29(26)22(13-30)15-33-36)5-7-27(31-2)34-17-23-11-24(18-34)35(23)16-21-6-8-28(38-4)32-14-21/h5-8,12,14-15,19,23-24H,2,9-11,16-18H2,1,3-4H3/b20-5+,27-7+. The van der Waals surface area contributed by atoms with Gasteiger partial charge < -0.3 is 19.1 Å². The summed E-state index contributed by atoms with van der Waals surface area (Å²) in [5.74, 6) is 2.13. The monoisotopic (exact) mass is 527 g/mol. The topological polar surface area (TPSA) is 101 Å². The Labute approximate surface area is 228 Å². The van der Waals surface area contributed by atoms with E-state index in [1.807, 2.05) is 37.4 Å². The van der Waals surface area contributed by atoms with Gasteiger partial charge >= 0.3 is 0 Å². The van der Waals surface area contributed by atoms with Crippen molar-refractivity contribution in [3.05, 3.63) is 71.5 Å². The maximum atomic E-state index is 9.64. The molecule has 3 aromatic heterocycles. The number of allylic oxidation sites excluding steroid dienone is 3. The van der Waals surface area contributed by atoms with Crippen molar-refractivity contribution in [2.45, 2.75) is 32.0 Å². The first-order valence-corrected chi connectivity index (χ1v) is 12.9. The Balaban J connectivity index is 1.32. The minimum Gasteiger partial charge on any atom is -0.490 e. The molecule has 3 aromatic rings. The molecule has 2 atom stereocenters. The number of methoxy groups -OCH3 is 2. The van der Waals surface area contributed by atoms with Crippen molar-refractivity contribution < 1.29 is 14.2 Å². The van der Waals surface area contributed by atoms with E-state index in [9.17, 15) is 5.26 Å². The summed E-state index contributed by atoms with van der Waals surface area (Å²) in [4.78, 5) is 13.5. The summed E-state index contributed by atoms with van der Waals surface area (Å²) in [6.45, 7) is 9.43. The molecule has 2 bridgehead atoms. The van der Waals surface area contributed by atoms with Crippen LogP contribution in [0.2, 0.25) is 0 Å². The molecule has 10 heteroatoms. The zero-order valence-electron chi connectivity index (χ0n) is 22.6. The Bertz CT molecular complexity index is 1430. The van der Waals surface area contributed by atoms with Crippen LogP contribution in [0.3, 0.4) is 0 Å². The molecule has 0 aliphatic carbocycles. The number of hydrogen-bond acceptors (Lipinski definition) is 9. The molecule has 3 aliphatic heterocycles. The molecule has 10 nitrogen and oxygen atoms in total. The number of aromatic nitrogens is 3. The molecule has 0 aromatic carbocycles. The van der Waals surface area contributed by atoms with Gasteiger partial charge in [0.15, 0.2) is 0 Å². The largest absolute Gasteiger partial charge is 0.490 e. The van der Waals surface area contributed by atoms with Crippen LogP contribution in [0.1, 0.15) is 30.0 Å².